The highest BCUT2D eigenvalue weighted by Gasteiger charge is 2.23. The fraction of sp³-hybridized carbons (Fsp3) is 0.318. The first-order valence-electron chi connectivity index (χ1n) is 10.5. The van der Waals surface area contributed by atoms with Crippen LogP contribution in [0.1, 0.15) is 17.4 Å². The number of carbonyl (C=O) groups excluding carboxylic acids is 1. The number of halogens is 3. The number of carbonyl (C=O) groups is 1. The summed E-state index contributed by atoms with van der Waals surface area (Å²) in [6, 6.07) is 7.01. The van der Waals surface area contributed by atoms with Crippen LogP contribution in [0.3, 0.4) is 0 Å². The first kappa shape index (κ1) is 24.1. The molecule has 1 aromatic carbocycles. The monoisotopic (exact) mass is 490 g/mol. The number of methoxy groups -OCH3 is 1. The molecule has 2 aromatic heterocycles. The van der Waals surface area contributed by atoms with Crippen molar-refractivity contribution in [3.8, 4) is 16.9 Å². The minimum atomic E-state index is -2.97. The number of alkyl halides is 2. The molecule has 3 aromatic rings. The largest absolute Gasteiger partial charge is 0.464 e. The van der Waals surface area contributed by atoms with Crippen molar-refractivity contribution >= 4 is 23.6 Å². The van der Waals surface area contributed by atoms with E-state index >= 15 is 0 Å². The van der Waals surface area contributed by atoms with Crippen LogP contribution in [0.25, 0.3) is 11.1 Å². The Kier molecular flexibility index (Phi) is 7.25. The maximum absolute atomic E-state index is 14.5. The van der Waals surface area contributed by atoms with E-state index in [1.165, 1.54) is 37.4 Å². The van der Waals surface area contributed by atoms with Crippen LogP contribution in [-0.4, -0.2) is 65.7 Å². The summed E-state index contributed by atoms with van der Waals surface area (Å²) in [6.07, 6.45) is 1.05. The molecule has 35 heavy (non-hydrogen) atoms. The average Bonchev–Trinajstić information content (AvgIpc) is 2.85. The number of hydrogen-bond donors (Lipinski definition) is 1. The molecule has 0 saturated carbocycles. The van der Waals surface area contributed by atoms with Crippen molar-refractivity contribution in [2.75, 3.05) is 37.1 Å². The molecule has 13 heteroatoms. The summed E-state index contributed by atoms with van der Waals surface area (Å²) in [7, 11) is 1.18. The SMILES string of the molecule is COC(=O)c1nnc(Nc2nc(N3CCOCC3C)ncc2F)cc1-c1ccc(OC(F)F)cc1. The minimum Gasteiger partial charge on any atom is -0.464 e. The second-order valence-corrected chi connectivity index (χ2v) is 7.50. The fourth-order valence-electron chi connectivity index (χ4n) is 3.47. The number of nitrogens with zero attached hydrogens (tertiary/aromatic N) is 5. The van der Waals surface area contributed by atoms with Crippen LogP contribution in [0.5, 0.6) is 5.75 Å². The second kappa shape index (κ2) is 10.5. The molecule has 1 saturated heterocycles. The summed E-state index contributed by atoms with van der Waals surface area (Å²) in [6.45, 7) is 0.514. The quantitative estimate of drug-likeness (QED) is 0.495. The summed E-state index contributed by atoms with van der Waals surface area (Å²) in [4.78, 5) is 22.5. The van der Waals surface area contributed by atoms with Crippen molar-refractivity contribution in [2.45, 2.75) is 19.6 Å². The molecule has 1 aliphatic heterocycles. The number of ether oxygens (including phenoxy) is 3. The molecule has 1 fully saturated rings. The van der Waals surface area contributed by atoms with Gasteiger partial charge in [0, 0.05) is 12.1 Å². The van der Waals surface area contributed by atoms with E-state index in [4.69, 9.17) is 9.47 Å². The molecule has 3 heterocycles. The van der Waals surface area contributed by atoms with Gasteiger partial charge in [-0.25, -0.2) is 14.2 Å². The van der Waals surface area contributed by atoms with Gasteiger partial charge < -0.3 is 24.4 Å². The molecule has 1 unspecified atom stereocenters. The van der Waals surface area contributed by atoms with Crippen molar-refractivity contribution in [2.24, 2.45) is 0 Å². The zero-order valence-electron chi connectivity index (χ0n) is 18.7. The molecule has 1 atom stereocenters. The highest BCUT2D eigenvalue weighted by Crippen LogP contribution is 2.29. The van der Waals surface area contributed by atoms with Crippen molar-refractivity contribution in [1.29, 1.82) is 0 Å². The van der Waals surface area contributed by atoms with E-state index in [0.717, 1.165) is 6.20 Å². The Hall–Kier alpha value is -4.00. The molecule has 0 spiro atoms. The lowest BCUT2D eigenvalue weighted by atomic mass is 10.0. The fourth-order valence-corrected chi connectivity index (χ4v) is 3.47. The van der Waals surface area contributed by atoms with Crippen molar-refractivity contribution in [1.82, 2.24) is 20.2 Å². The van der Waals surface area contributed by atoms with Gasteiger partial charge in [-0.3, -0.25) is 0 Å². The smallest absolute Gasteiger partial charge is 0.387 e. The molecule has 184 valence electrons. The van der Waals surface area contributed by atoms with Gasteiger partial charge in [0.05, 0.1) is 32.6 Å². The van der Waals surface area contributed by atoms with Gasteiger partial charge >= 0.3 is 12.6 Å². The molecular weight excluding hydrogens is 469 g/mol. The summed E-state index contributed by atoms with van der Waals surface area (Å²) < 4.78 is 54.0. The van der Waals surface area contributed by atoms with Gasteiger partial charge in [0.15, 0.2) is 23.1 Å². The summed E-state index contributed by atoms with van der Waals surface area (Å²) in [5.74, 6) is -1.28. The van der Waals surface area contributed by atoms with E-state index in [9.17, 15) is 18.0 Å². The van der Waals surface area contributed by atoms with Gasteiger partial charge in [0.25, 0.3) is 0 Å². The zero-order valence-corrected chi connectivity index (χ0v) is 18.7. The number of aromatic nitrogens is 4. The number of nitrogens with one attached hydrogen (secondary N) is 1. The Morgan fingerprint density at radius 3 is 2.71 bits per heavy atom. The van der Waals surface area contributed by atoms with Crippen molar-refractivity contribution in [3.63, 3.8) is 0 Å². The molecule has 10 nitrogen and oxygen atoms in total. The maximum atomic E-state index is 14.5. The van der Waals surface area contributed by atoms with Crippen LogP contribution in [0.15, 0.2) is 36.5 Å². The summed E-state index contributed by atoms with van der Waals surface area (Å²) in [5, 5.41) is 10.6. The highest BCUT2D eigenvalue weighted by atomic mass is 19.3. The Balaban J connectivity index is 1.66. The number of morpholine rings is 1. The van der Waals surface area contributed by atoms with Crippen molar-refractivity contribution in [3.05, 3.63) is 48.0 Å². The van der Waals surface area contributed by atoms with Crippen LogP contribution in [0, 0.1) is 5.82 Å². The van der Waals surface area contributed by atoms with E-state index in [-0.39, 0.29) is 34.7 Å². The van der Waals surface area contributed by atoms with E-state index in [1.54, 1.807) is 0 Å². The molecule has 0 aliphatic carbocycles. The third-order valence-corrected chi connectivity index (χ3v) is 5.17. The zero-order chi connectivity index (χ0) is 24.9. The van der Waals surface area contributed by atoms with Gasteiger partial charge in [-0.1, -0.05) is 12.1 Å². The number of benzene rings is 1. The van der Waals surface area contributed by atoms with Gasteiger partial charge in [-0.15, -0.1) is 10.2 Å². The number of rotatable bonds is 7. The summed E-state index contributed by atoms with van der Waals surface area (Å²) in [5.41, 5.74) is 0.594. The first-order chi connectivity index (χ1) is 16.9. The van der Waals surface area contributed by atoms with Crippen LogP contribution in [-0.2, 0) is 9.47 Å². The Labute approximate surface area is 198 Å². The Morgan fingerprint density at radius 1 is 1.26 bits per heavy atom. The second-order valence-electron chi connectivity index (χ2n) is 7.50. The van der Waals surface area contributed by atoms with Crippen LogP contribution >= 0.6 is 0 Å². The molecule has 1 N–H and O–H groups in total. The van der Waals surface area contributed by atoms with E-state index in [2.05, 4.69) is 30.2 Å². The lowest BCUT2D eigenvalue weighted by Gasteiger charge is -2.33. The van der Waals surface area contributed by atoms with Crippen LogP contribution in [0.2, 0.25) is 0 Å². The molecule has 0 amide bonds. The maximum Gasteiger partial charge on any atom is 0.387 e. The topological polar surface area (TPSA) is 112 Å². The molecule has 0 radical (unpaired) electrons. The lowest BCUT2D eigenvalue weighted by Crippen LogP contribution is -2.44. The van der Waals surface area contributed by atoms with E-state index < -0.39 is 18.4 Å². The number of esters is 1. The third-order valence-electron chi connectivity index (χ3n) is 5.17. The lowest BCUT2D eigenvalue weighted by molar-refractivity contribution is -0.0498. The highest BCUT2D eigenvalue weighted by molar-refractivity contribution is 5.95. The Morgan fingerprint density at radius 2 is 2.03 bits per heavy atom. The van der Waals surface area contributed by atoms with E-state index in [1.807, 2.05) is 11.8 Å². The third kappa shape index (κ3) is 5.57. The molecule has 0 bridgehead atoms. The van der Waals surface area contributed by atoms with Crippen molar-refractivity contribution < 1.29 is 32.2 Å². The standard InChI is InChI=1S/C22H21F3N6O4/c1-12-11-34-8-7-31(12)22-26-10-16(23)19(28-22)27-17-9-15(18(30-29-17)20(32)33-2)13-3-5-14(6-4-13)35-21(24)25/h3-6,9-10,12,21H,7-8,11H2,1-2H3,(H,26,27,28,29). The van der Waals surface area contributed by atoms with Crippen LogP contribution in [0.4, 0.5) is 30.8 Å². The van der Waals surface area contributed by atoms with Crippen LogP contribution < -0.4 is 15.0 Å². The summed E-state index contributed by atoms with van der Waals surface area (Å²) >= 11 is 0. The normalized spacial score (nSPS) is 15.7. The minimum absolute atomic E-state index is 0.00446. The van der Waals surface area contributed by atoms with Gasteiger partial charge in [-0.05, 0) is 30.7 Å². The predicted molar refractivity (Wildman–Crippen MR) is 118 cm³/mol. The number of hydrogen-bond acceptors (Lipinski definition) is 10. The Bertz CT molecular complexity index is 1200. The molecular formula is C22H21F3N6O4. The first-order valence-corrected chi connectivity index (χ1v) is 10.5. The molecule has 4 rings (SSSR count). The van der Waals surface area contributed by atoms with E-state index in [0.29, 0.717) is 31.3 Å². The van der Waals surface area contributed by atoms with Gasteiger partial charge in [0.2, 0.25) is 5.95 Å². The average molecular weight is 490 g/mol. The predicted octanol–water partition coefficient (Wildman–Crippen LogP) is 3.43. The molecule has 1 aliphatic rings. The number of anilines is 3. The van der Waals surface area contributed by atoms with Gasteiger partial charge in [-0.2, -0.15) is 13.8 Å². The van der Waals surface area contributed by atoms with Gasteiger partial charge in [0.1, 0.15) is 5.75 Å².